The lowest BCUT2D eigenvalue weighted by molar-refractivity contribution is -0.139. The third kappa shape index (κ3) is 2.98. The molecule has 5 nitrogen and oxygen atoms in total. The van der Waals surface area contributed by atoms with Gasteiger partial charge in [-0.15, -0.1) is 0 Å². The van der Waals surface area contributed by atoms with Gasteiger partial charge in [-0.3, -0.25) is 0 Å². The summed E-state index contributed by atoms with van der Waals surface area (Å²) in [5.74, 6) is -0.505. The number of carboxylic acids is 1. The lowest BCUT2D eigenvalue weighted by atomic mass is 10.4. The van der Waals surface area contributed by atoms with E-state index in [0.717, 1.165) is 6.07 Å². The molecule has 1 aromatic heterocycles. The first kappa shape index (κ1) is 9.31. The standard InChI is InChI=1S/C8H8O5/c1-5-2-6(3-8(11)13-5)12-4-7(9)10/h2-3H,4H2,1H3,(H,9,10). The Morgan fingerprint density at radius 1 is 1.62 bits per heavy atom. The molecule has 0 atom stereocenters. The second-order valence-electron chi connectivity index (χ2n) is 2.41. The van der Waals surface area contributed by atoms with Crippen LogP contribution in [0.25, 0.3) is 0 Å². The number of aryl methyl sites for hydroxylation is 1. The van der Waals surface area contributed by atoms with Crippen molar-refractivity contribution in [2.75, 3.05) is 6.61 Å². The molecule has 1 rings (SSSR count). The fourth-order valence-electron chi connectivity index (χ4n) is 0.804. The lowest BCUT2D eigenvalue weighted by Crippen LogP contribution is -2.10. The Morgan fingerprint density at radius 3 is 2.85 bits per heavy atom. The highest BCUT2D eigenvalue weighted by molar-refractivity contribution is 5.68. The lowest BCUT2D eigenvalue weighted by Gasteiger charge is -2.01. The van der Waals surface area contributed by atoms with Gasteiger partial charge in [0.1, 0.15) is 11.5 Å². The fourth-order valence-corrected chi connectivity index (χ4v) is 0.804. The van der Waals surface area contributed by atoms with Crippen molar-refractivity contribution in [2.45, 2.75) is 6.92 Å². The summed E-state index contributed by atoms with van der Waals surface area (Å²) >= 11 is 0. The van der Waals surface area contributed by atoms with Gasteiger partial charge >= 0.3 is 11.6 Å². The Bertz CT molecular complexity index is 365. The van der Waals surface area contributed by atoms with Crippen LogP contribution >= 0.6 is 0 Å². The molecule has 0 spiro atoms. The smallest absolute Gasteiger partial charge is 0.341 e. The SMILES string of the molecule is Cc1cc(OCC(=O)O)cc(=O)o1. The number of hydrogen-bond acceptors (Lipinski definition) is 4. The van der Waals surface area contributed by atoms with Crippen LogP contribution in [-0.4, -0.2) is 17.7 Å². The minimum absolute atomic E-state index is 0.205. The van der Waals surface area contributed by atoms with Crippen molar-refractivity contribution < 1.29 is 19.1 Å². The van der Waals surface area contributed by atoms with Crippen molar-refractivity contribution in [3.05, 3.63) is 28.3 Å². The highest BCUT2D eigenvalue weighted by Crippen LogP contribution is 2.08. The van der Waals surface area contributed by atoms with E-state index in [1.165, 1.54) is 6.07 Å². The van der Waals surface area contributed by atoms with Crippen LogP contribution in [0.1, 0.15) is 5.76 Å². The average molecular weight is 184 g/mol. The topological polar surface area (TPSA) is 76.7 Å². The summed E-state index contributed by atoms with van der Waals surface area (Å²) in [6, 6.07) is 2.54. The molecule has 0 aliphatic rings. The zero-order valence-electron chi connectivity index (χ0n) is 6.94. The first-order chi connectivity index (χ1) is 6.08. The van der Waals surface area contributed by atoms with Gasteiger partial charge in [-0.1, -0.05) is 0 Å². The summed E-state index contributed by atoms with van der Waals surface area (Å²) in [5, 5.41) is 8.29. The van der Waals surface area contributed by atoms with E-state index in [-0.39, 0.29) is 5.75 Å². The zero-order chi connectivity index (χ0) is 9.84. The Morgan fingerprint density at radius 2 is 2.31 bits per heavy atom. The Balaban J connectivity index is 2.77. The van der Waals surface area contributed by atoms with Crippen molar-refractivity contribution in [3.8, 4) is 5.75 Å². The zero-order valence-corrected chi connectivity index (χ0v) is 6.94. The molecule has 0 aromatic carbocycles. The molecule has 0 saturated heterocycles. The van der Waals surface area contributed by atoms with Crippen LogP contribution in [0.4, 0.5) is 0 Å². The number of ether oxygens (including phenoxy) is 1. The Kier molecular flexibility index (Phi) is 2.69. The highest BCUT2D eigenvalue weighted by atomic mass is 16.5. The van der Waals surface area contributed by atoms with Gasteiger partial charge in [0.05, 0.1) is 6.07 Å². The minimum atomic E-state index is -1.09. The predicted molar refractivity (Wildman–Crippen MR) is 42.8 cm³/mol. The maximum absolute atomic E-state index is 10.8. The summed E-state index contributed by atoms with van der Waals surface area (Å²) in [7, 11) is 0. The summed E-state index contributed by atoms with van der Waals surface area (Å²) in [6.45, 7) is 1.11. The van der Waals surface area contributed by atoms with Crippen LogP contribution in [0.15, 0.2) is 21.3 Å². The molecule has 0 saturated carbocycles. The average Bonchev–Trinajstić information content (AvgIpc) is 1.99. The van der Waals surface area contributed by atoms with Crippen molar-refractivity contribution in [1.29, 1.82) is 0 Å². The molecule has 13 heavy (non-hydrogen) atoms. The van der Waals surface area contributed by atoms with Crippen LogP contribution in [0.5, 0.6) is 5.75 Å². The molecule has 1 aromatic rings. The molecule has 0 aliphatic heterocycles. The molecule has 1 heterocycles. The highest BCUT2D eigenvalue weighted by Gasteiger charge is 2.01. The van der Waals surface area contributed by atoms with Crippen molar-refractivity contribution >= 4 is 5.97 Å². The molecule has 0 amide bonds. The molecule has 0 unspecified atom stereocenters. The van der Waals surface area contributed by atoms with Gasteiger partial charge < -0.3 is 14.3 Å². The Labute approximate surface area is 73.6 Å². The first-order valence-electron chi connectivity index (χ1n) is 3.54. The molecule has 0 bridgehead atoms. The quantitative estimate of drug-likeness (QED) is 0.736. The minimum Gasteiger partial charge on any atom is -0.482 e. The Hall–Kier alpha value is -1.78. The van der Waals surface area contributed by atoms with Crippen LogP contribution in [0.2, 0.25) is 0 Å². The van der Waals surface area contributed by atoms with Crippen molar-refractivity contribution in [3.63, 3.8) is 0 Å². The summed E-state index contributed by atoms with van der Waals surface area (Å²) in [6.07, 6.45) is 0. The maximum atomic E-state index is 10.8. The summed E-state index contributed by atoms with van der Waals surface area (Å²) in [4.78, 5) is 20.9. The van der Waals surface area contributed by atoms with Gasteiger partial charge in [0, 0.05) is 6.07 Å². The van der Waals surface area contributed by atoms with E-state index in [9.17, 15) is 9.59 Å². The van der Waals surface area contributed by atoms with Gasteiger partial charge in [-0.2, -0.15) is 0 Å². The monoisotopic (exact) mass is 184 g/mol. The predicted octanol–water partition coefficient (Wildman–Crippen LogP) is 0.412. The van der Waals surface area contributed by atoms with Gasteiger partial charge in [-0.05, 0) is 6.92 Å². The van der Waals surface area contributed by atoms with Gasteiger partial charge in [0.15, 0.2) is 6.61 Å². The second kappa shape index (κ2) is 3.75. The largest absolute Gasteiger partial charge is 0.482 e. The van der Waals surface area contributed by atoms with Crippen LogP contribution in [0, 0.1) is 6.92 Å². The van der Waals surface area contributed by atoms with Crippen LogP contribution in [-0.2, 0) is 4.79 Å². The maximum Gasteiger partial charge on any atom is 0.341 e. The number of hydrogen-bond donors (Lipinski definition) is 1. The van der Waals surface area contributed by atoms with E-state index >= 15 is 0 Å². The molecule has 0 aliphatic carbocycles. The molecule has 0 fully saturated rings. The molecular weight excluding hydrogens is 176 g/mol. The van der Waals surface area contributed by atoms with Crippen LogP contribution < -0.4 is 10.4 Å². The third-order valence-electron chi connectivity index (χ3n) is 1.23. The molecule has 1 N–H and O–H groups in total. The summed E-state index contributed by atoms with van der Waals surface area (Å²) in [5.41, 5.74) is -0.555. The van der Waals surface area contributed by atoms with Crippen molar-refractivity contribution in [2.24, 2.45) is 0 Å². The van der Waals surface area contributed by atoms with Gasteiger partial charge in [0.25, 0.3) is 0 Å². The summed E-state index contributed by atoms with van der Waals surface area (Å²) < 4.78 is 9.41. The molecule has 5 heteroatoms. The van der Waals surface area contributed by atoms with Crippen molar-refractivity contribution in [1.82, 2.24) is 0 Å². The molecule has 0 radical (unpaired) electrons. The third-order valence-corrected chi connectivity index (χ3v) is 1.23. The number of rotatable bonds is 3. The molecular formula is C8H8O5. The van der Waals surface area contributed by atoms with E-state index in [4.69, 9.17) is 9.84 Å². The second-order valence-corrected chi connectivity index (χ2v) is 2.41. The van der Waals surface area contributed by atoms with Crippen LogP contribution in [0.3, 0.4) is 0 Å². The first-order valence-corrected chi connectivity index (χ1v) is 3.54. The number of carbonyl (C=O) groups is 1. The number of aliphatic carboxylic acids is 1. The molecule has 70 valence electrons. The van der Waals surface area contributed by atoms with Gasteiger partial charge in [0.2, 0.25) is 0 Å². The van der Waals surface area contributed by atoms with E-state index < -0.39 is 18.2 Å². The fraction of sp³-hybridized carbons (Fsp3) is 0.250. The van der Waals surface area contributed by atoms with E-state index in [1.54, 1.807) is 6.92 Å². The van der Waals surface area contributed by atoms with E-state index in [0.29, 0.717) is 5.76 Å². The number of carboxylic acid groups (broad SMARTS) is 1. The van der Waals surface area contributed by atoms with Gasteiger partial charge in [-0.25, -0.2) is 9.59 Å². The van der Waals surface area contributed by atoms with E-state index in [1.807, 2.05) is 0 Å². The van der Waals surface area contributed by atoms with E-state index in [2.05, 4.69) is 4.42 Å². The normalized spacial score (nSPS) is 9.62.